The van der Waals surface area contributed by atoms with E-state index in [4.69, 9.17) is 15.3 Å². The number of hydrogen-bond acceptors (Lipinski definition) is 6. The molecular formula is C20H21IN2O5S. The Labute approximate surface area is 189 Å². The summed E-state index contributed by atoms with van der Waals surface area (Å²) >= 11 is 1.31. The van der Waals surface area contributed by atoms with Crippen LogP contribution in [0.3, 0.4) is 0 Å². The van der Waals surface area contributed by atoms with Crippen LogP contribution >= 0.6 is 35.7 Å². The maximum absolute atomic E-state index is 12.5. The molecule has 2 aromatic carbocycles. The summed E-state index contributed by atoms with van der Waals surface area (Å²) in [4.78, 5) is 35.3. The Morgan fingerprint density at radius 2 is 1.55 bits per heavy atom. The number of amides is 1. The van der Waals surface area contributed by atoms with E-state index in [1.807, 2.05) is 0 Å². The number of nitrogens with one attached hydrogen (secondary N) is 2. The van der Waals surface area contributed by atoms with Crippen LogP contribution in [0.4, 0.5) is 0 Å². The second-order valence-corrected chi connectivity index (χ2v) is 6.69. The number of ketones is 1. The van der Waals surface area contributed by atoms with Gasteiger partial charge in [0.25, 0.3) is 5.91 Å². The zero-order chi connectivity index (χ0) is 20.7. The molecule has 0 unspecified atom stereocenters. The molecule has 0 heterocycles. The van der Waals surface area contributed by atoms with Crippen molar-refractivity contribution in [3.8, 4) is 5.75 Å². The first-order chi connectivity index (χ1) is 13.3. The van der Waals surface area contributed by atoms with Crippen LogP contribution in [0.5, 0.6) is 5.75 Å². The molecule has 0 saturated carbocycles. The lowest BCUT2D eigenvalue weighted by Crippen LogP contribution is -2.38. The van der Waals surface area contributed by atoms with E-state index in [0.29, 0.717) is 21.9 Å². The van der Waals surface area contributed by atoms with Crippen molar-refractivity contribution in [2.24, 2.45) is 0 Å². The number of rotatable bonds is 8. The first kappa shape index (κ1) is 24.6. The van der Waals surface area contributed by atoms with Crippen LogP contribution in [-0.2, 0) is 4.79 Å². The van der Waals surface area contributed by atoms with E-state index in [1.54, 1.807) is 37.4 Å². The van der Waals surface area contributed by atoms with E-state index in [2.05, 4.69) is 5.32 Å². The number of halogens is 1. The third-order valence-corrected chi connectivity index (χ3v) is 4.50. The van der Waals surface area contributed by atoms with Crippen molar-refractivity contribution in [2.45, 2.75) is 13.0 Å². The van der Waals surface area contributed by atoms with Crippen LogP contribution in [0.2, 0.25) is 0 Å². The van der Waals surface area contributed by atoms with Crippen molar-refractivity contribution in [3.63, 3.8) is 0 Å². The monoisotopic (exact) mass is 528 g/mol. The Kier molecular flexibility index (Phi) is 9.83. The molecule has 0 aromatic heterocycles. The minimum atomic E-state index is -1.09. The fourth-order valence-corrected chi connectivity index (χ4v) is 2.72. The van der Waals surface area contributed by atoms with Gasteiger partial charge in [0.05, 0.1) is 11.1 Å². The van der Waals surface area contributed by atoms with Gasteiger partial charge in [0, 0.05) is 16.7 Å². The van der Waals surface area contributed by atoms with Gasteiger partial charge < -0.3 is 15.2 Å². The number of carboxylic acids is 1. The molecule has 2 rings (SSSR count). The van der Waals surface area contributed by atoms with Gasteiger partial charge in [-0.05, 0) is 49.6 Å². The van der Waals surface area contributed by atoms with Crippen molar-refractivity contribution < 1.29 is 24.2 Å². The molecule has 0 radical (unpaired) electrons. The minimum absolute atomic E-state index is 0. The molecule has 3 N–H and O–H groups in total. The van der Waals surface area contributed by atoms with E-state index >= 15 is 0 Å². The average Bonchev–Trinajstić information content (AvgIpc) is 2.71. The molecule has 1 atom stereocenters. The summed E-state index contributed by atoms with van der Waals surface area (Å²) in [6, 6.07) is 11.9. The van der Waals surface area contributed by atoms with E-state index < -0.39 is 18.6 Å². The average molecular weight is 528 g/mol. The minimum Gasteiger partial charge on any atom is -0.482 e. The van der Waals surface area contributed by atoms with Crippen LogP contribution in [0, 0.1) is 5.41 Å². The summed E-state index contributed by atoms with van der Waals surface area (Å²) in [5.41, 5.74) is 1.49. The van der Waals surface area contributed by atoms with Crippen LogP contribution < -0.4 is 10.1 Å². The van der Waals surface area contributed by atoms with Crippen molar-refractivity contribution >= 4 is 58.4 Å². The molecule has 0 spiro atoms. The van der Waals surface area contributed by atoms with E-state index in [-0.39, 0.29) is 35.7 Å². The van der Waals surface area contributed by atoms with Crippen LogP contribution in [0.15, 0.2) is 48.5 Å². The van der Waals surface area contributed by atoms with Gasteiger partial charge in [-0.2, -0.15) is 0 Å². The fraction of sp³-hybridized carbons (Fsp3) is 0.200. The maximum Gasteiger partial charge on any atom is 0.341 e. The molecule has 0 aliphatic heterocycles. The predicted octanol–water partition coefficient (Wildman–Crippen LogP) is 3.46. The SMILES string of the molecule is CSC(=N)c1ccc(C(=O)N[C@@H](C)C(=O)c2ccc(OCC(=O)O)cc2)cc1.I. The summed E-state index contributed by atoms with van der Waals surface area (Å²) < 4.78 is 5.02. The Morgan fingerprint density at radius 1 is 1.03 bits per heavy atom. The molecule has 0 saturated heterocycles. The van der Waals surface area contributed by atoms with Gasteiger partial charge in [0.2, 0.25) is 0 Å². The number of Topliss-reactive ketones (excluding diaryl/α,β-unsaturated/α-hetero) is 1. The highest BCUT2D eigenvalue weighted by Gasteiger charge is 2.18. The van der Waals surface area contributed by atoms with Crippen LogP contribution in [-0.4, -0.2) is 46.7 Å². The zero-order valence-electron chi connectivity index (χ0n) is 15.8. The lowest BCUT2D eigenvalue weighted by Gasteiger charge is -2.14. The summed E-state index contributed by atoms with van der Waals surface area (Å²) in [6.45, 7) is 1.13. The van der Waals surface area contributed by atoms with Gasteiger partial charge in [-0.25, -0.2) is 4.79 Å². The normalized spacial score (nSPS) is 11.0. The Morgan fingerprint density at radius 3 is 2.07 bits per heavy atom. The molecular weight excluding hydrogens is 507 g/mol. The molecule has 0 bridgehead atoms. The van der Waals surface area contributed by atoms with E-state index in [1.165, 1.54) is 36.0 Å². The molecule has 7 nitrogen and oxygen atoms in total. The predicted molar refractivity (Wildman–Crippen MR) is 123 cm³/mol. The van der Waals surface area contributed by atoms with Gasteiger partial charge in [0.15, 0.2) is 12.4 Å². The van der Waals surface area contributed by atoms with E-state index in [0.717, 1.165) is 5.56 Å². The molecule has 0 fully saturated rings. The Bertz CT molecular complexity index is 885. The summed E-state index contributed by atoms with van der Waals surface area (Å²) in [6.07, 6.45) is 1.81. The topological polar surface area (TPSA) is 117 Å². The quantitative estimate of drug-likeness (QED) is 0.209. The highest BCUT2D eigenvalue weighted by molar-refractivity contribution is 14.0. The first-order valence-corrected chi connectivity index (χ1v) is 9.57. The number of carboxylic acid groups (broad SMARTS) is 1. The number of carbonyl (C=O) groups is 3. The Hall–Kier alpha value is -2.40. The Balaban J connectivity index is 0.00000420. The van der Waals surface area contributed by atoms with E-state index in [9.17, 15) is 14.4 Å². The van der Waals surface area contributed by atoms with Gasteiger partial charge in [-0.1, -0.05) is 12.1 Å². The van der Waals surface area contributed by atoms with Crippen LogP contribution in [0.1, 0.15) is 33.2 Å². The maximum atomic E-state index is 12.5. The standard InChI is InChI=1S/C20H20N2O5S.HI/c1-12(18(25)13-7-9-16(10-8-13)27-11-17(23)24)22-20(26)15-5-3-14(4-6-15)19(21)28-2;/h3-10,12,21H,11H2,1-2H3,(H,22,26)(H,23,24);1H/t12-;/m0./s1. The summed E-state index contributed by atoms with van der Waals surface area (Å²) in [7, 11) is 0. The number of thioether (sulfide) groups is 1. The molecule has 9 heteroatoms. The largest absolute Gasteiger partial charge is 0.482 e. The van der Waals surface area contributed by atoms with Crippen molar-refractivity contribution in [1.29, 1.82) is 5.41 Å². The van der Waals surface area contributed by atoms with Gasteiger partial charge in [0.1, 0.15) is 5.75 Å². The van der Waals surface area contributed by atoms with Gasteiger partial charge in [-0.15, -0.1) is 35.7 Å². The number of carbonyl (C=O) groups excluding carboxylic acids is 2. The molecule has 154 valence electrons. The first-order valence-electron chi connectivity index (χ1n) is 8.34. The third-order valence-electron chi connectivity index (χ3n) is 3.86. The summed E-state index contributed by atoms with van der Waals surface area (Å²) in [5, 5.41) is 19.4. The molecule has 2 aromatic rings. The van der Waals surface area contributed by atoms with Crippen molar-refractivity contribution in [2.75, 3.05) is 12.9 Å². The van der Waals surface area contributed by atoms with Crippen molar-refractivity contribution in [3.05, 3.63) is 65.2 Å². The third kappa shape index (κ3) is 7.17. The number of ether oxygens (including phenoxy) is 1. The van der Waals surface area contributed by atoms with Gasteiger partial charge in [-0.3, -0.25) is 15.0 Å². The van der Waals surface area contributed by atoms with Crippen LogP contribution in [0.25, 0.3) is 0 Å². The second-order valence-electron chi connectivity index (χ2n) is 5.88. The molecule has 29 heavy (non-hydrogen) atoms. The fourth-order valence-electron chi connectivity index (χ4n) is 2.35. The smallest absolute Gasteiger partial charge is 0.341 e. The highest BCUT2D eigenvalue weighted by atomic mass is 127. The molecule has 0 aliphatic carbocycles. The zero-order valence-corrected chi connectivity index (χ0v) is 18.9. The number of aliphatic carboxylic acids is 1. The molecule has 0 aliphatic rings. The highest BCUT2D eigenvalue weighted by Crippen LogP contribution is 2.14. The lowest BCUT2D eigenvalue weighted by molar-refractivity contribution is -0.139. The number of benzene rings is 2. The van der Waals surface area contributed by atoms with Crippen molar-refractivity contribution in [1.82, 2.24) is 5.32 Å². The summed E-state index contributed by atoms with van der Waals surface area (Å²) in [5.74, 6) is -1.41. The number of hydrogen-bond donors (Lipinski definition) is 3. The lowest BCUT2D eigenvalue weighted by atomic mass is 10.0. The molecule has 1 amide bonds. The second kappa shape index (κ2) is 11.6. The van der Waals surface area contributed by atoms with Gasteiger partial charge >= 0.3 is 5.97 Å².